The van der Waals surface area contributed by atoms with Crippen molar-refractivity contribution in [2.24, 2.45) is 0 Å². The van der Waals surface area contributed by atoms with Crippen LogP contribution in [0.4, 0.5) is 5.82 Å². The molecule has 0 atom stereocenters. The van der Waals surface area contributed by atoms with E-state index < -0.39 is 0 Å². The largest absolute Gasteiger partial charge is 0.497 e. The van der Waals surface area contributed by atoms with Gasteiger partial charge in [-0.15, -0.1) is 5.10 Å². The molecule has 0 bridgehead atoms. The van der Waals surface area contributed by atoms with Crippen molar-refractivity contribution in [1.29, 1.82) is 0 Å². The van der Waals surface area contributed by atoms with Gasteiger partial charge in [-0.2, -0.15) is 0 Å². The van der Waals surface area contributed by atoms with Crippen LogP contribution in [0.2, 0.25) is 0 Å². The second-order valence-corrected chi connectivity index (χ2v) is 7.65. The molecule has 3 heterocycles. The minimum absolute atomic E-state index is 0.243. The number of amides is 1. The van der Waals surface area contributed by atoms with Crippen molar-refractivity contribution in [3.63, 3.8) is 0 Å². The molecule has 2 aromatic carbocycles. The quantitative estimate of drug-likeness (QED) is 0.438. The van der Waals surface area contributed by atoms with Crippen LogP contribution in [0.15, 0.2) is 72.9 Å². The third-order valence-electron chi connectivity index (χ3n) is 5.55. The van der Waals surface area contributed by atoms with Gasteiger partial charge in [0, 0.05) is 11.8 Å². The topological polar surface area (TPSA) is 86.3 Å². The molecule has 8 nitrogen and oxygen atoms in total. The Labute approximate surface area is 190 Å². The van der Waals surface area contributed by atoms with E-state index in [4.69, 9.17) is 9.72 Å². The summed E-state index contributed by atoms with van der Waals surface area (Å²) < 4.78 is 8.73. The molecule has 33 heavy (non-hydrogen) atoms. The summed E-state index contributed by atoms with van der Waals surface area (Å²) in [6.45, 7) is 3.81. The van der Waals surface area contributed by atoms with Crippen molar-refractivity contribution in [3.8, 4) is 22.7 Å². The fourth-order valence-electron chi connectivity index (χ4n) is 3.80. The summed E-state index contributed by atoms with van der Waals surface area (Å²) >= 11 is 0. The van der Waals surface area contributed by atoms with Gasteiger partial charge in [0.25, 0.3) is 5.91 Å². The van der Waals surface area contributed by atoms with Crippen LogP contribution in [0.3, 0.4) is 0 Å². The van der Waals surface area contributed by atoms with Gasteiger partial charge < -0.3 is 10.1 Å². The summed E-state index contributed by atoms with van der Waals surface area (Å²) in [5.41, 5.74) is 5.06. The van der Waals surface area contributed by atoms with Crippen LogP contribution < -0.4 is 10.1 Å². The van der Waals surface area contributed by atoms with Crippen LogP contribution in [0.1, 0.15) is 21.7 Å². The summed E-state index contributed by atoms with van der Waals surface area (Å²) in [5.74, 6) is 0.974. The van der Waals surface area contributed by atoms with Crippen LogP contribution >= 0.6 is 0 Å². The number of aromatic nitrogens is 5. The number of ether oxygens (including phenoxy) is 1. The van der Waals surface area contributed by atoms with Crippen molar-refractivity contribution in [2.75, 3.05) is 12.4 Å². The molecule has 3 aromatic heterocycles. The average molecular weight is 438 g/mol. The lowest BCUT2D eigenvalue weighted by molar-refractivity contribution is 0.102. The summed E-state index contributed by atoms with van der Waals surface area (Å²) in [7, 11) is 1.61. The highest BCUT2D eigenvalue weighted by atomic mass is 16.5. The van der Waals surface area contributed by atoms with E-state index >= 15 is 0 Å². The molecule has 0 aliphatic carbocycles. The SMILES string of the molecule is COc1ccc(-n2nnc(C(=O)Nc3c(-c4ccccc4)nc4c(C)cccn34)c2C)cc1. The van der Waals surface area contributed by atoms with Gasteiger partial charge in [0.2, 0.25) is 0 Å². The first-order valence-corrected chi connectivity index (χ1v) is 10.5. The van der Waals surface area contributed by atoms with Gasteiger partial charge in [-0.3, -0.25) is 9.20 Å². The van der Waals surface area contributed by atoms with Gasteiger partial charge in [-0.1, -0.05) is 41.6 Å². The number of aryl methyl sites for hydroxylation is 1. The van der Waals surface area contributed by atoms with E-state index in [9.17, 15) is 4.79 Å². The molecule has 0 unspecified atom stereocenters. The molecule has 0 aliphatic rings. The number of nitrogens with one attached hydrogen (secondary N) is 1. The zero-order chi connectivity index (χ0) is 22.9. The normalized spacial score (nSPS) is 11.0. The maximum atomic E-state index is 13.3. The molecule has 0 saturated heterocycles. The lowest BCUT2D eigenvalue weighted by atomic mass is 10.1. The molecule has 0 spiro atoms. The van der Waals surface area contributed by atoms with Crippen LogP contribution in [0, 0.1) is 13.8 Å². The van der Waals surface area contributed by atoms with Crippen molar-refractivity contribution in [1.82, 2.24) is 24.4 Å². The second-order valence-electron chi connectivity index (χ2n) is 7.65. The number of carbonyl (C=O) groups excluding carboxylic acids is 1. The van der Waals surface area contributed by atoms with Crippen molar-refractivity contribution in [2.45, 2.75) is 13.8 Å². The second kappa shape index (κ2) is 8.23. The third kappa shape index (κ3) is 3.61. The lowest BCUT2D eigenvalue weighted by Gasteiger charge is -2.08. The number of hydrogen-bond donors (Lipinski definition) is 1. The maximum absolute atomic E-state index is 13.3. The molecule has 0 radical (unpaired) electrons. The molecular weight excluding hydrogens is 416 g/mol. The van der Waals surface area contributed by atoms with Crippen molar-refractivity contribution >= 4 is 17.4 Å². The number of methoxy groups -OCH3 is 1. The zero-order valence-corrected chi connectivity index (χ0v) is 18.5. The summed E-state index contributed by atoms with van der Waals surface area (Å²) in [6, 6.07) is 21.1. The fraction of sp³-hybridized carbons (Fsp3) is 0.120. The van der Waals surface area contributed by atoms with E-state index in [1.807, 2.05) is 91.2 Å². The monoisotopic (exact) mass is 438 g/mol. The Morgan fingerprint density at radius 2 is 1.73 bits per heavy atom. The number of rotatable bonds is 5. The third-order valence-corrected chi connectivity index (χ3v) is 5.55. The smallest absolute Gasteiger partial charge is 0.279 e. The number of pyridine rings is 1. The molecule has 0 saturated carbocycles. The number of hydrogen-bond acceptors (Lipinski definition) is 5. The van der Waals surface area contributed by atoms with E-state index in [-0.39, 0.29) is 11.6 Å². The van der Waals surface area contributed by atoms with Crippen LogP contribution in [0.25, 0.3) is 22.6 Å². The number of anilines is 1. The lowest BCUT2D eigenvalue weighted by Crippen LogP contribution is -2.16. The highest BCUT2D eigenvalue weighted by Gasteiger charge is 2.22. The molecule has 5 aromatic rings. The Balaban J connectivity index is 1.54. The number of fused-ring (bicyclic) bond motifs is 1. The van der Waals surface area contributed by atoms with E-state index in [2.05, 4.69) is 15.6 Å². The number of benzene rings is 2. The van der Waals surface area contributed by atoms with Crippen molar-refractivity contribution in [3.05, 3.63) is 89.9 Å². The fourth-order valence-corrected chi connectivity index (χ4v) is 3.80. The molecule has 1 N–H and O–H groups in total. The summed E-state index contributed by atoms with van der Waals surface area (Å²) in [4.78, 5) is 18.1. The minimum atomic E-state index is -0.354. The zero-order valence-electron chi connectivity index (χ0n) is 18.5. The van der Waals surface area contributed by atoms with E-state index in [0.717, 1.165) is 28.2 Å². The first-order chi connectivity index (χ1) is 16.1. The van der Waals surface area contributed by atoms with Crippen LogP contribution in [-0.4, -0.2) is 37.4 Å². The van der Waals surface area contributed by atoms with Gasteiger partial charge in [-0.25, -0.2) is 9.67 Å². The van der Waals surface area contributed by atoms with Gasteiger partial charge >= 0.3 is 0 Å². The Kier molecular flexibility index (Phi) is 5.10. The highest BCUT2D eigenvalue weighted by Crippen LogP contribution is 2.30. The number of carbonyl (C=O) groups is 1. The Morgan fingerprint density at radius 3 is 2.45 bits per heavy atom. The van der Waals surface area contributed by atoms with Gasteiger partial charge in [0.15, 0.2) is 5.69 Å². The maximum Gasteiger partial charge on any atom is 0.279 e. The predicted molar refractivity (Wildman–Crippen MR) is 126 cm³/mol. The number of imidazole rings is 1. The molecule has 164 valence electrons. The van der Waals surface area contributed by atoms with E-state index in [1.54, 1.807) is 11.8 Å². The standard InChI is InChI=1S/C25H22N6O2/c1-16-8-7-15-30-23(16)26-22(18-9-5-4-6-10-18)24(30)27-25(32)21-17(2)31(29-28-21)19-11-13-20(33-3)14-12-19/h4-15H,1-3H3,(H,27,32). The van der Waals surface area contributed by atoms with Crippen molar-refractivity contribution < 1.29 is 9.53 Å². The van der Waals surface area contributed by atoms with E-state index in [1.165, 1.54) is 0 Å². The predicted octanol–water partition coefficient (Wildman–Crippen LogP) is 4.46. The molecular formula is C25H22N6O2. The Bertz CT molecular complexity index is 1450. The Hall–Kier alpha value is -4.46. The van der Waals surface area contributed by atoms with Gasteiger partial charge in [0.05, 0.1) is 18.5 Å². The first-order valence-electron chi connectivity index (χ1n) is 10.5. The molecule has 8 heteroatoms. The summed E-state index contributed by atoms with van der Waals surface area (Å²) in [5, 5.41) is 11.4. The molecule has 5 rings (SSSR count). The average Bonchev–Trinajstić information content (AvgIpc) is 3.41. The molecule has 0 fully saturated rings. The molecule has 1 amide bonds. The van der Waals surface area contributed by atoms with Crippen LogP contribution in [0.5, 0.6) is 5.75 Å². The van der Waals surface area contributed by atoms with E-state index in [0.29, 0.717) is 17.2 Å². The van der Waals surface area contributed by atoms with Gasteiger partial charge in [-0.05, 0) is 49.7 Å². The number of nitrogens with zero attached hydrogens (tertiary/aromatic N) is 5. The summed E-state index contributed by atoms with van der Waals surface area (Å²) in [6.07, 6.45) is 1.89. The highest BCUT2D eigenvalue weighted by molar-refractivity contribution is 6.05. The van der Waals surface area contributed by atoms with Crippen LogP contribution in [-0.2, 0) is 0 Å². The van der Waals surface area contributed by atoms with Gasteiger partial charge in [0.1, 0.15) is 22.9 Å². The Morgan fingerprint density at radius 1 is 0.970 bits per heavy atom. The first kappa shape index (κ1) is 20.4. The molecule has 0 aliphatic heterocycles. The minimum Gasteiger partial charge on any atom is -0.497 e.